The van der Waals surface area contributed by atoms with Crippen molar-refractivity contribution in [2.75, 3.05) is 6.54 Å². The molecular formula is C20H20N2O2. The van der Waals surface area contributed by atoms with Crippen LogP contribution in [0.3, 0.4) is 0 Å². The molecule has 4 heteroatoms. The fourth-order valence-corrected chi connectivity index (χ4v) is 2.48. The zero-order valence-electron chi connectivity index (χ0n) is 13.7. The van der Waals surface area contributed by atoms with Crippen molar-refractivity contribution in [3.63, 3.8) is 0 Å². The Balaban J connectivity index is 1.88. The molecule has 4 nitrogen and oxygen atoms in total. The van der Waals surface area contributed by atoms with Crippen LogP contribution in [0.2, 0.25) is 0 Å². The molecule has 0 atom stereocenters. The van der Waals surface area contributed by atoms with Gasteiger partial charge in [0.1, 0.15) is 0 Å². The summed E-state index contributed by atoms with van der Waals surface area (Å²) in [6.07, 6.45) is 3.70. The van der Waals surface area contributed by atoms with Crippen molar-refractivity contribution in [2.45, 2.75) is 19.8 Å². The van der Waals surface area contributed by atoms with Gasteiger partial charge >= 0.3 is 0 Å². The molecule has 0 saturated heterocycles. The molecular weight excluding hydrogens is 300 g/mol. The number of oxazole rings is 1. The van der Waals surface area contributed by atoms with Crippen molar-refractivity contribution in [1.29, 1.82) is 0 Å². The van der Waals surface area contributed by atoms with Gasteiger partial charge in [-0.25, -0.2) is 4.98 Å². The third-order valence-corrected chi connectivity index (χ3v) is 3.78. The number of hydrogen-bond acceptors (Lipinski definition) is 3. The predicted molar refractivity (Wildman–Crippen MR) is 94.6 cm³/mol. The lowest BCUT2D eigenvalue weighted by Gasteiger charge is -2.07. The first kappa shape index (κ1) is 16.0. The summed E-state index contributed by atoms with van der Waals surface area (Å²) < 4.78 is 5.88. The van der Waals surface area contributed by atoms with Gasteiger partial charge in [-0.15, -0.1) is 0 Å². The van der Waals surface area contributed by atoms with Gasteiger partial charge in [-0.05, 0) is 18.6 Å². The number of rotatable bonds is 6. The van der Waals surface area contributed by atoms with Gasteiger partial charge in [0.15, 0.2) is 5.76 Å². The van der Waals surface area contributed by atoms with Gasteiger partial charge in [0.05, 0.1) is 11.8 Å². The van der Waals surface area contributed by atoms with Crippen LogP contribution in [0.15, 0.2) is 65.2 Å². The summed E-state index contributed by atoms with van der Waals surface area (Å²) in [5, 5.41) is 2.94. The number of nitrogens with zero attached hydrogens (tertiary/aromatic N) is 1. The SMILES string of the molecule is CCCCNC(=O)c1ccccc1-c1ncc(-c2ccccc2)o1. The monoisotopic (exact) mass is 320 g/mol. The molecule has 0 fully saturated rings. The number of benzene rings is 2. The lowest BCUT2D eigenvalue weighted by atomic mass is 10.1. The second-order valence-corrected chi connectivity index (χ2v) is 5.55. The van der Waals surface area contributed by atoms with Gasteiger partial charge in [-0.3, -0.25) is 4.79 Å². The maximum atomic E-state index is 12.4. The quantitative estimate of drug-likeness (QED) is 0.678. The van der Waals surface area contributed by atoms with Gasteiger partial charge in [0.2, 0.25) is 5.89 Å². The summed E-state index contributed by atoms with van der Waals surface area (Å²) in [5.74, 6) is 1.04. The molecule has 3 aromatic rings. The Morgan fingerprint density at radius 2 is 1.83 bits per heavy atom. The van der Waals surface area contributed by atoms with Crippen LogP contribution < -0.4 is 5.32 Å². The number of carbonyl (C=O) groups excluding carboxylic acids is 1. The van der Waals surface area contributed by atoms with Crippen LogP contribution in [0, 0.1) is 0 Å². The molecule has 0 saturated carbocycles. The number of hydrogen-bond donors (Lipinski definition) is 1. The maximum Gasteiger partial charge on any atom is 0.252 e. The minimum atomic E-state index is -0.0986. The molecule has 122 valence electrons. The van der Waals surface area contributed by atoms with E-state index in [1.807, 2.05) is 48.5 Å². The van der Waals surface area contributed by atoms with Crippen molar-refractivity contribution in [3.05, 3.63) is 66.4 Å². The molecule has 24 heavy (non-hydrogen) atoms. The average molecular weight is 320 g/mol. The van der Waals surface area contributed by atoms with Gasteiger partial charge in [0, 0.05) is 17.7 Å². The van der Waals surface area contributed by atoms with Gasteiger partial charge in [-0.2, -0.15) is 0 Å². The third-order valence-electron chi connectivity index (χ3n) is 3.78. The van der Waals surface area contributed by atoms with Crippen molar-refractivity contribution >= 4 is 5.91 Å². The Morgan fingerprint density at radius 1 is 1.08 bits per heavy atom. The summed E-state index contributed by atoms with van der Waals surface area (Å²) in [7, 11) is 0. The number of unbranched alkanes of at least 4 members (excludes halogenated alkanes) is 1. The fourth-order valence-electron chi connectivity index (χ4n) is 2.48. The van der Waals surface area contributed by atoms with Crippen molar-refractivity contribution in [3.8, 4) is 22.8 Å². The van der Waals surface area contributed by atoms with Crippen LogP contribution in [-0.4, -0.2) is 17.4 Å². The van der Waals surface area contributed by atoms with E-state index < -0.39 is 0 Å². The molecule has 0 aliphatic heterocycles. The number of carbonyl (C=O) groups is 1. The Kier molecular flexibility index (Phi) is 5.06. The highest BCUT2D eigenvalue weighted by molar-refractivity contribution is 6.00. The molecule has 0 aliphatic rings. The second kappa shape index (κ2) is 7.59. The van der Waals surface area contributed by atoms with Gasteiger partial charge in [-0.1, -0.05) is 55.8 Å². The van der Waals surface area contributed by atoms with Crippen LogP contribution in [-0.2, 0) is 0 Å². The zero-order valence-corrected chi connectivity index (χ0v) is 13.7. The van der Waals surface area contributed by atoms with E-state index in [0.717, 1.165) is 18.4 Å². The van der Waals surface area contributed by atoms with Crippen molar-refractivity contribution < 1.29 is 9.21 Å². The van der Waals surface area contributed by atoms with E-state index in [-0.39, 0.29) is 5.91 Å². The van der Waals surface area contributed by atoms with E-state index in [9.17, 15) is 4.79 Å². The summed E-state index contributed by atoms with van der Waals surface area (Å²) in [6, 6.07) is 17.2. The standard InChI is InChI=1S/C20H20N2O2/c1-2-3-13-21-19(23)16-11-7-8-12-17(16)20-22-14-18(24-20)15-9-5-4-6-10-15/h4-12,14H,2-3,13H2,1H3,(H,21,23). The molecule has 0 unspecified atom stereocenters. The summed E-state index contributed by atoms with van der Waals surface area (Å²) in [5.41, 5.74) is 2.24. The summed E-state index contributed by atoms with van der Waals surface area (Å²) in [6.45, 7) is 2.77. The van der Waals surface area contributed by atoms with Crippen LogP contribution in [0.1, 0.15) is 30.1 Å². The molecule has 1 N–H and O–H groups in total. The highest BCUT2D eigenvalue weighted by Gasteiger charge is 2.16. The molecule has 3 rings (SSSR count). The van der Waals surface area contributed by atoms with Crippen LogP contribution in [0.25, 0.3) is 22.8 Å². The predicted octanol–water partition coefficient (Wildman–Crippen LogP) is 4.54. The van der Waals surface area contributed by atoms with Crippen LogP contribution in [0.4, 0.5) is 0 Å². The van der Waals surface area contributed by atoms with E-state index in [4.69, 9.17) is 4.42 Å². The van der Waals surface area contributed by atoms with Gasteiger partial charge in [0.25, 0.3) is 5.91 Å². The molecule has 0 aliphatic carbocycles. The van der Waals surface area contributed by atoms with Crippen molar-refractivity contribution in [2.24, 2.45) is 0 Å². The molecule has 1 heterocycles. The number of aromatic nitrogens is 1. The number of amides is 1. The normalized spacial score (nSPS) is 10.5. The highest BCUT2D eigenvalue weighted by atomic mass is 16.4. The fraction of sp³-hybridized carbons (Fsp3) is 0.200. The molecule has 0 spiro atoms. The first-order chi connectivity index (χ1) is 11.8. The molecule has 1 aromatic heterocycles. The molecule has 0 bridgehead atoms. The first-order valence-corrected chi connectivity index (χ1v) is 8.18. The minimum Gasteiger partial charge on any atom is -0.436 e. The van der Waals surface area contributed by atoms with Gasteiger partial charge < -0.3 is 9.73 Å². The average Bonchev–Trinajstić information content (AvgIpc) is 3.12. The lowest BCUT2D eigenvalue weighted by molar-refractivity contribution is 0.0953. The Labute approximate surface area is 141 Å². The van der Waals surface area contributed by atoms with E-state index in [2.05, 4.69) is 17.2 Å². The van der Waals surface area contributed by atoms with E-state index in [1.165, 1.54) is 0 Å². The largest absolute Gasteiger partial charge is 0.436 e. The van der Waals surface area contributed by atoms with E-state index in [0.29, 0.717) is 29.3 Å². The Morgan fingerprint density at radius 3 is 2.62 bits per heavy atom. The van der Waals surface area contributed by atoms with Crippen LogP contribution in [0.5, 0.6) is 0 Å². The minimum absolute atomic E-state index is 0.0986. The molecule has 2 aromatic carbocycles. The third kappa shape index (κ3) is 3.54. The number of nitrogens with one attached hydrogen (secondary N) is 1. The second-order valence-electron chi connectivity index (χ2n) is 5.55. The molecule has 1 amide bonds. The van der Waals surface area contributed by atoms with E-state index >= 15 is 0 Å². The van der Waals surface area contributed by atoms with E-state index in [1.54, 1.807) is 12.3 Å². The zero-order chi connectivity index (χ0) is 16.8. The maximum absolute atomic E-state index is 12.4. The smallest absolute Gasteiger partial charge is 0.252 e. The van der Waals surface area contributed by atoms with Crippen LogP contribution >= 0.6 is 0 Å². The lowest BCUT2D eigenvalue weighted by Crippen LogP contribution is -2.24. The topological polar surface area (TPSA) is 55.1 Å². The first-order valence-electron chi connectivity index (χ1n) is 8.18. The Bertz CT molecular complexity index is 809. The summed E-state index contributed by atoms with van der Waals surface area (Å²) in [4.78, 5) is 16.8. The Hall–Kier alpha value is -2.88. The highest BCUT2D eigenvalue weighted by Crippen LogP contribution is 2.28. The van der Waals surface area contributed by atoms with Crippen molar-refractivity contribution in [1.82, 2.24) is 10.3 Å². The molecule has 0 radical (unpaired) electrons. The summed E-state index contributed by atoms with van der Waals surface area (Å²) >= 11 is 0.